The molecule has 0 aliphatic carbocycles. The van der Waals surface area contributed by atoms with Gasteiger partial charge in [0.05, 0.1) is 17.2 Å². The second-order valence-corrected chi connectivity index (χ2v) is 6.67. The highest BCUT2D eigenvalue weighted by atomic mass is 19.1. The van der Waals surface area contributed by atoms with Crippen molar-refractivity contribution in [2.24, 2.45) is 5.92 Å². The third-order valence-corrected chi connectivity index (χ3v) is 4.60. The molecule has 146 valence electrons. The van der Waals surface area contributed by atoms with Crippen LogP contribution in [0.1, 0.15) is 30.1 Å². The van der Waals surface area contributed by atoms with Gasteiger partial charge in [-0.15, -0.1) is 0 Å². The topological polar surface area (TPSA) is 78.5 Å². The van der Waals surface area contributed by atoms with Crippen LogP contribution in [0.15, 0.2) is 48.5 Å². The summed E-state index contributed by atoms with van der Waals surface area (Å²) in [6.07, 6.45) is 0.872. The fourth-order valence-corrected chi connectivity index (χ4v) is 3.11. The molecular formula is C21H22FN3O3. The lowest BCUT2D eigenvalue weighted by atomic mass is 10.1. The Bertz CT molecular complexity index is 883. The number of amides is 3. The van der Waals surface area contributed by atoms with Gasteiger partial charge in [-0.25, -0.2) is 4.39 Å². The number of nitrogens with one attached hydrogen (secondary N) is 2. The zero-order valence-electron chi connectivity index (χ0n) is 15.6. The summed E-state index contributed by atoms with van der Waals surface area (Å²) < 4.78 is 13.1. The molecule has 2 N–H and O–H groups in total. The van der Waals surface area contributed by atoms with E-state index in [0.717, 1.165) is 6.42 Å². The van der Waals surface area contributed by atoms with Gasteiger partial charge >= 0.3 is 0 Å². The van der Waals surface area contributed by atoms with Crippen LogP contribution in [0.4, 0.5) is 15.8 Å². The molecule has 1 aliphatic rings. The van der Waals surface area contributed by atoms with E-state index in [1.54, 1.807) is 24.3 Å². The van der Waals surface area contributed by atoms with Crippen molar-refractivity contribution >= 4 is 29.1 Å². The third-order valence-electron chi connectivity index (χ3n) is 4.60. The van der Waals surface area contributed by atoms with Gasteiger partial charge in [-0.3, -0.25) is 14.4 Å². The number of hydrogen-bond acceptors (Lipinski definition) is 3. The van der Waals surface area contributed by atoms with Gasteiger partial charge in [-0.1, -0.05) is 19.1 Å². The number of hydrogen-bond donors (Lipinski definition) is 2. The van der Waals surface area contributed by atoms with Gasteiger partial charge in [-0.05, 0) is 42.8 Å². The van der Waals surface area contributed by atoms with Crippen molar-refractivity contribution in [3.8, 4) is 0 Å². The first kappa shape index (κ1) is 19.5. The second-order valence-electron chi connectivity index (χ2n) is 6.67. The van der Waals surface area contributed by atoms with E-state index in [9.17, 15) is 18.8 Å². The summed E-state index contributed by atoms with van der Waals surface area (Å²) in [6, 6.07) is 12.4. The number of anilines is 2. The van der Waals surface area contributed by atoms with Crippen molar-refractivity contribution in [3.63, 3.8) is 0 Å². The molecule has 0 aromatic heterocycles. The summed E-state index contributed by atoms with van der Waals surface area (Å²) in [5.74, 6) is -1.71. The average molecular weight is 383 g/mol. The molecule has 1 aliphatic heterocycles. The lowest BCUT2D eigenvalue weighted by Gasteiger charge is -2.17. The first-order valence-corrected chi connectivity index (χ1v) is 9.23. The lowest BCUT2D eigenvalue weighted by Crippen LogP contribution is -2.29. The van der Waals surface area contributed by atoms with E-state index in [0.29, 0.717) is 23.5 Å². The molecule has 0 saturated carbocycles. The summed E-state index contributed by atoms with van der Waals surface area (Å²) in [5.41, 5.74) is 1.35. The van der Waals surface area contributed by atoms with Crippen molar-refractivity contribution in [2.75, 3.05) is 23.3 Å². The highest BCUT2D eigenvalue weighted by molar-refractivity contribution is 6.07. The van der Waals surface area contributed by atoms with Crippen LogP contribution in [-0.4, -0.2) is 30.8 Å². The van der Waals surface area contributed by atoms with Gasteiger partial charge in [0.25, 0.3) is 5.91 Å². The molecular weight excluding hydrogens is 361 g/mol. The maximum absolute atomic E-state index is 13.1. The Morgan fingerprint density at radius 2 is 1.86 bits per heavy atom. The minimum atomic E-state index is -0.552. The maximum Gasteiger partial charge on any atom is 0.253 e. The van der Waals surface area contributed by atoms with Crippen LogP contribution in [0.2, 0.25) is 0 Å². The molecule has 1 atom stereocenters. The molecule has 0 radical (unpaired) electrons. The van der Waals surface area contributed by atoms with Gasteiger partial charge in [0, 0.05) is 25.2 Å². The fraction of sp³-hybridized carbons (Fsp3) is 0.286. The SMILES string of the molecule is CCCNC(=O)c1ccccc1NC(=O)[C@@H]1CC(=O)N(c2ccc(F)cc2)C1. The Hall–Kier alpha value is -3.22. The van der Waals surface area contributed by atoms with Gasteiger partial charge in [-0.2, -0.15) is 0 Å². The van der Waals surface area contributed by atoms with Crippen LogP contribution < -0.4 is 15.5 Å². The fourth-order valence-electron chi connectivity index (χ4n) is 3.11. The van der Waals surface area contributed by atoms with Crippen molar-refractivity contribution < 1.29 is 18.8 Å². The molecule has 0 unspecified atom stereocenters. The third kappa shape index (κ3) is 4.36. The number of carbonyl (C=O) groups excluding carboxylic acids is 3. The van der Waals surface area contributed by atoms with E-state index < -0.39 is 5.92 Å². The molecule has 7 heteroatoms. The molecule has 3 rings (SSSR count). The standard InChI is InChI=1S/C21H22FN3O3/c1-2-11-23-21(28)17-5-3-4-6-18(17)24-20(27)14-12-19(26)25(13-14)16-9-7-15(22)8-10-16/h3-10,14H,2,11-13H2,1H3,(H,23,28)(H,24,27)/t14-/m1/s1. The van der Waals surface area contributed by atoms with Gasteiger partial charge in [0.15, 0.2) is 0 Å². The predicted octanol–water partition coefficient (Wildman–Crippen LogP) is 2.96. The zero-order chi connectivity index (χ0) is 20.1. The highest BCUT2D eigenvalue weighted by Gasteiger charge is 2.35. The quantitative estimate of drug-likeness (QED) is 0.805. The molecule has 1 fully saturated rings. The van der Waals surface area contributed by atoms with Crippen LogP contribution in [0.3, 0.4) is 0 Å². The van der Waals surface area contributed by atoms with Crippen LogP contribution >= 0.6 is 0 Å². The summed E-state index contributed by atoms with van der Waals surface area (Å²) in [4.78, 5) is 38.8. The van der Waals surface area contributed by atoms with Crippen LogP contribution in [0.25, 0.3) is 0 Å². The first-order chi connectivity index (χ1) is 13.5. The normalized spacial score (nSPS) is 16.1. The van der Waals surface area contributed by atoms with E-state index in [1.807, 2.05) is 6.92 Å². The van der Waals surface area contributed by atoms with E-state index >= 15 is 0 Å². The van der Waals surface area contributed by atoms with E-state index in [1.165, 1.54) is 29.2 Å². The highest BCUT2D eigenvalue weighted by Crippen LogP contribution is 2.26. The maximum atomic E-state index is 13.1. The van der Waals surface area contributed by atoms with Gasteiger partial charge < -0.3 is 15.5 Å². The minimum absolute atomic E-state index is 0.0629. The van der Waals surface area contributed by atoms with E-state index in [4.69, 9.17) is 0 Å². The Kier molecular flexibility index (Phi) is 6.03. The summed E-state index contributed by atoms with van der Waals surface area (Å²) in [7, 11) is 0. The molecule has 3 amide bonds. The van der Waals surface area contributed by atoms with E-state index in [-0.39, 0.29) is 36.5 Å². The summed E-state index contributed by atoms with van der Waals surface area (Å²) in [5, 5.41) is 5.56. The Morgan fingerprint density at radius 3 is 2.57 bits per heavy atom. The zero-order valence-corrected chi connectivity index (χ0v) is 15.6. The predicted molar refractivity (Wildman–Crippen MR) is 105 cm³/mol. The van der Waals surface area contributed by atoms with Crippen molar-refractivity contribution in [2.45, 2.75) is 19.8 Å². The Labute approximate surface area is 162 Å². The first-order valence-electron chi connectivity index (χ1n) is 9.23. The monoisotopic (exact) mass is 383 g/mol. The second kappa shape index (κ2) is 8.65. The molecule has 1 heterocycles. The van der Waals surface area contributed by atoms with E-state index in [2.05, 4.69) is 10.6 Å². The van der Waals surface area contributed by atoms with Crippen LogP contribution in [0, 0.1) is 11.7 Å². The number of benzene rings is 2. The average Bonchev–Trinajstić information content (AvgIpc) is 3.09. The molecule has 28 heavy (non-hydrogen) atoms. The largest absolute Gasteiger partial charge is 0.352 e. The molecule has 0 bridgehead atoms. The lowest BCUT2D eigenvalue weighted by molar-refractivity contribution is -0.122. The summed E-state index contributed by atoms with van der Waals surface area (Å²) >= 11 is 0. The van der Waals surface area contributed by atoms with Crippen molar-refractivity contribution in [3.05, 3.63) is 59.9 Å². The number of nitrogens with zero attached hydrogens (tertiary/aromatic N) is 1. The molecule has 1 saturated heterocycles. The number of rotatable bonds is 6. The molecule has 2 aromatic carbocycles. The Morgan fingerprint density at radius 1 is 1.14 bits per heavy atom. The smallest absolute Gasteiger partial charge is 0.253 e. The van der Waals surface area contributed by atoms with Crippen LogP contribution in [0.5, 0.6) is 0 Å². The summed E-state index contributed by atoms with van der Waals surface area (Å²) in [6.45, 7) is 2.71. The molecule has 2 aromatic rings. The number of para-hydroxylation sites is 1. The van der Waals surface area contributed by atoms with Gasteiger partial charge in [0.1, 0.15) is 5.82 Å². The van der Waals surface area contributed by atoms with Crippen LogP contribution in [-0.2, 0) is 9.59 Å². The number of carbonyl (C=O) groups is 3. The minimum Gasteiger partial charge on any atom is -0.352 e. The molecule has 6 nitrogen and oxygen atoms in total. The van der Waals surface area contributed by atoms with Gasteiger partial charge in [0.2, 0.25) is 11.8 Å². The number of halogens is 1. The molecule has 0 spiro atoms. The van der Waals surface area contributed by atoms with Crippen molar-refractivity contribution in [1.29, 1.82) is 0 Å². The van der Waals surface area contributed by atoms with Crippen molar-refractivity contribution in [1.82, 2.24) is 5.32 Å². The Balaban J connectivity index is 1.70.